The Morgan fingerprint density at radius 2 is 1.45 bits per heavy atom. The molecule has 1 unspecified atom stereocenters. The van der Waals surface area contributed by atoms with Crippen molar-refractivity contribution in [3.05, 3.63) is 47.0 Å². The molecule has 0 N–H and O–H groups in total. The van der Waals surface area contributed by atoms with E-state index < -0.39 is 8.07 Å². The van der Waals surface area contributed by atoms with Crippen LogP contribution in [0.4, 0.5) is 0 Å². The van der Waals surface area contributed by atoms with E-state index in [0.29, 0.717) is 17.6 Å². The van der Waals surface area contributed by atoms with E-state index >= 15 is 0 Å². The molecule has 3 rings (SSSR count). The van der Waals surface area contributed by atoms with Crippen molar-refractivity contribution in [3.63, 3.8) is 0 Å². The van der Waals surface area contributed by atoms with Crippen molar-refractivity contribution in [2.75, 3.05) is 0 Å². The van der Waals surface area contributed by atoms with Gasteiger partial charge in [0.25, 0.3) is 0 Å². The van der Waals surface area contributed by atoms with Crippen molar-refractivity contribution < 1.29 is 4.79 Å². The standard InChI is InChI=1S/C27H42OSi/c1-19(2)29(20(3)4,21(5)6)18-24-17-25(22-13-9-7-10-14-22)26(24)27(28)23-15-11-8-12-16-23/h8,11-12,15-16,19-22,24H,7,9-10,13-14,17-18H2,1-6H3. The Labute approximate surface area is 180 Å². The van der Waals surface area contributed by atoms with Crippen LogP contribution in [0.1, 0.15) is 90.4 Å². The number of allylic oxidation sites excluding steroid dienone is 2. The quantitative estimate of drug-likeness (QED) is 0.310. The molecule has 29 heavy (non-hydrogen) atoms. The van der Waals surface area contributed by atoms with Crippen LogP contribution in [-0.4, -0.2) is 13.9 Å². The molecule has 0 spiro atoms. The molecular formula is C27H42OSi. The van der Waals surface area contributed by atoms with Crippen LogP contribution in [0.3, 0.4) is 0 Å². The molecule has 1 saturated carbocycles. The average molecular weight is 411 g/mol. The van der Waals surface area contributed by atoms with Crippen molar-refractivity contribution in [1.29, 1.82) is 0 Å². The Balaban J connectivity index is 1.96. The first-order chi connectivity index (χ1) is 13.8. The second-order valence-electron chi connectivity index (χ2n) is 10.7. The van der Waals surface area contributed by atoms with Gasteiger partial charge in [0.15, 0.2) is 5.78 Å². The van der Waals surface area contributed by atoms with E-state index in [1.807, 2.05) is 30.3 Å². The summed E-state index contributed by atoms with van der Waals surface area (Å²) in [7, 11) is -1.51. The van der Waals surface area contributed by atoms with Crippen molar-refractivity contribution in [1.82, 2.24) is 0 Å². The van der Waals surface area contributed by atoms with Gasteiger partial charge in [0, 0.05) is 11.1 Å². The minimum absolute atomic E-state index is 0.335. The van der Waals surface area contributed by atoms with Crippen LogP contribution in [0.5, 0.6) is 0 Å². The molecule has 1 aromatic rings. The molecule has 0 aliphatic heterocycles. The Morgan fingerprint density at radius 3 is 1.97 bits per heavy atom. The van der Waals surface area contributed by atoms with Gasteiger partial charge < -0.3 is 0 Å². The molecule has 1 atom stereocenters. The maximum Gasteiger partial charge on any atom is 0.189 e. The van der Waals surface area contributed by atoms with Gasteiger partial charge in [-0.1, -0.05) is 113 Å². The third kappa shape index (κ3) is 4.33. The van der Waals surface area contributed by atoms with Crippen molar-refractivity contribution in [2.24, 2.45) is 11.8 Å². The normalized spacial score (nSPS) is 21.2. The molecule has 160 valence electrons. The lowest BCUT2D eigenvalue weighted by molar-refractivity contribution is 0.101. The van der Waals surface area contributed by atoms with Crippen LogP contribution in [0.15, 0.2) is 41.5 Å². The summed E-state index contributed by atoms with van der Waals surface area (Å²) in [5.41, 5.74) is 5.95. The molecule has 0 bridgehead atoms. The van der Waals surface area contributed by atoms with E-state index in [1.54, 1.807) is 5.57 Å². The van der Waals surface area contributed by atoms with E-state index in [0.717, 1.165) is 22.2 Å². The second-order valence-corrected chi connectivity index (χ2v) is 16.7. The lowest BCUT2D eigenvalue weighted by Gasteiger charge is -2.49. The summed E-state index contributed by atoms with van der Waals surface area (Å²) in [5, 5.41) is 0. The third-order valence-corrected chi connectivity index (χ3v) is 16.1. The van der Waals surface area contributed by atoms with Crippen molar-refractivity contribution in [3.8, 4) is 0 Å². The molecule has 1 fully saturated rings. The smallest absolute Gasteiger partial charge is 0.189 e. The van der Waals surface area contributed by atoms with Gasteiger partial charge in [-0.2, -0.15) is 0 Å². The maximum absolute atomic E-state index is 13.6. The number of Topliss-reactive ketones (excluding diaryl/α,β-unsaturated/α-hetero) is 1. The van der Waals surface area contributed by atoms with E-state index in [1.165, 1.54) is 50.1 Å². The molecule has 1 aromatic carbocycles. The minimum Gasteiger partial charge on any atom is -0.289 e. The van der Waals surface area contributed by atoms with E-state index in [-0.39, 0.29) is 0 Å². The Hall–Kier alpha value is -1.15. The highest BCUT2D eigenvalue weighted by Crippen LogP contribution is 2.54. The number of rotatable bonds is 8. The van der Waals surface area contributed by atoms with Crippen LogP contribution in [-0.2, 0) is 0 Å². The number of hydrogen-bond donors (Lipinski definition) is 0. The second kappa shape index (κ2) is 9.33. The molecule has 0 heterocycles. The molecule has 0 amide bonds. The van der Waals surface area contributed by atoms with Gasteiger partial charge in [-0.05, 0) is 37.1 Å². The fraction of sp³-hybridized carbons (Fsp3) is 0.667. The Bertz CT molecular complexity index is 700. The topological polar surface area (TPSA) is 17.1 Å². The highest BCUT2D eigenvalue weighted by molar-refractivity contribution is 6.83. The van der Waals surface area contributed by atoms with E-state index in [4.69, 9.17) is 0 Å². The van der Waals surface area contributed by atoms with Crippen LogP contribution in [0, 0.1) is 11.8 Å². The Morgan fingerprint density at radius 1 is 0.897 bits per heavy atom. The minimum atomic E-state index is -1.51. The van der Waals surface area contributed by atoms with E-state index in [2.05, 4.69) is 41.5 Å². The first-order valence-electron chi connectivity index (χ1n) is 12.1. The van der Waals surface area contributed by atoms with Crippen LogP contribution >= 0.6 is 0 Å². The number of hydrogen-bond acceptors (Lipinski definition) is 1. The fourth-order valence-corrected chi connectivity index (χ4v) is 13.4. The Kier molecular flexibility index (Phi) is 7.25. The van der Waals surface area contributed by atoms with Gasteiger partial charge >= 0.3 is 0 Å². The van der Waals surface area contributed by atoms with Gasteiger partial charge in [-0.3, -0.25) is 4.79 Å². The SMILES string of the molecule is CC(C)[Si](CC1CC(C2CCCCC2)=C1C(=O)c1ccccc1)(C(C)C)C(C)C. The summed E-state index contributed by atoms with van der Waals surface area (Å²) in [4.78, 5) is 13.6. The average Bonchev–Trinajstić information content (AvgIpc) is 2.68. The zero-order valence-corrected chi connectivity index (χ0v) is 20.6. The van der Waals surface area contributed by atoms with Gasteiger partial charge in [-0.15, -0.1) is 0 Å². The van der Waals surface area contributed by atoms with E-state index in [9.17, 15) is 4.79 Å². The predicted molar refractivity (Wildman–Crippen MR) is 128 cm³/mol. The van der Waals surface area contributed by atoms with Gasteiger partial charge in [0.05, 0.1) is 8.07 Å². The van der Waals surface area contributed by atoms with Crippen LogP contribution in [0.2, 0.25) is 22.7 Å². The van der Waals surface area contributed by atoms with Crippen molar-refractivity contribution in [2.45, 2.75) is 103 Å². The predicted octanol–water partition coefficient (Wildman–Crippen LogP) is 8.44. The molecular weight excluding hydrogens is 368 g/mol. The lowest BCUT2D eigenvalue weighted by Crippen LogP contribution is -2.48. The summed E-state index contributed by atoms with van der Waals surface area (Å²) in [6.07, 6.45) is 7.85. The molecule has 0 aromatic heterocycles. The number of ketones is 1. The van der Waals surface area contributed by atoms with Gasteiger partial charge in [0.2, 0.25) is 0 Å². The number of carbonyl (C=O) groups excluding carboxylic acids is 1. The molecule has 0 saturated heterocycles. The van der Waals surface area contributed by atoms with Gasteiger partial charge in [-0.25, -0.2) is 0 Å². The van der Waals surface area contributed by atoms with Crippen LogP contribution < -0.4 is 0 Å². The number of benzene rings is 1. The summed E-state index contributed by atoms with van der Waals surface area (Å²) in [5.74, 6) is 1.51. The fourth-order valence-electron chi connectivity index (χ4n) is 6.83. The molecule has 2 aliphatic rings. The summed E-state index contributed by atoms with van der Waals surface area (Å²) >= 11 is 0. The van der Waals surface area contributed by atoms with Gasteiger partial charge in [0.1, 0.15) is 0 Å². The van der Waals surface area contributed by atoms with Crippen molar-refractivity contribution >= 4 is 13.9 Å². The largest absolute Gasteiger partial charge is 0.289 e. The molecule has 2 heteroatoms. The summed E-state index contributed by atoms with van der Waals surface area (Å²) < 4.78 is 0. The monoisotopic (exact) mass is 410 g/mol. The first kappa shape index (κ1) is 22.5. The number of carbonyl (C=O) groups is 1. The maximum atomic E-state index is 13.6. The third-order valence-electron chi connectivity index (χ3n) is 8.42. The zero-order chi connectivity index (χ0) is 21.2. The zero-order valence-electron chi connectivity index (χ0n) is 19.6. The first-order valence-corrected chi connectivity index (χ1v) is 14.6. The molecule has 1 nitrogen and oxygen atoms in total. The highest BCUT2D eigenvalue weighted by atomic mass is 28.3. The summed E-state index contributed by atoms with van der Waals surface area (Å²) in [6, 6.07) is 11.4. The molecule has 0 radical (unpaired) electrons. The summed E-state index contributed by atoms with van der Waals surface area (Å²) in [6.45, 7) is 14.7. The molecule has 2 aliphatic carbocycles. The highest BCUT2D eigenvalue weighted by Gasteiger charge is 2.48. The van der Waals surface area contributed by atoms with Crippen LogP contribution in [0.25, 0.3) is 0 Å². The lowest BCUT2D eigenvalue weighted by atomic mass is 9.67.